The summed E-state index contributed by atoms with van der Waals surface area (Å²) in [7, 11) is 0. The van der Waals surface area contributed by atoms with Gasteiger partial charge in [-0.15, -0.1) is 11.8 Å². The van der Waals surface area contributed by atoms with Gasteiger partial charge in [-0.25, -0.2) is 0 Å². The number of hydrogen-bond acceptors (Lipinski definition) is 4. The van der Waals surface area contributed by atoms with E-state index in [1.165, 1.54) is 0 Å². The predicted octanol–water partition coefficient (Wildman–Crippen LogP) is 2.92. The Labute approximate surface area is 136 Å². The van der Waals surface area contributed by atoms with Crippen molar-refractivity contribution in [2.45, 2.75) is 23.3 Å². The van der Waals surface area contributed by atoms with Crippen molar-refractivity contribution in [1.82, 2.24) is 5.32 Å². The van der Waals surface area contributed by atoms with E-state index in [0.29, 0.717) is 13.0 Å². The summed E-state index contributed by atoms with van der Waals surface area (Å²) in [4.78, 5) is 12.9. The maximum atomic E-state index is 11.7. The van der Waals surface area contributed by atoms with E-state index in [1.807, 2.05) is 24.3 Å². The SMILES string of the molecule is O=C(CCSc1ccc(Br)cc1)NC[C@@]1(O)CCSC1. The monoisotopic (exact) mass is 375 g/mol. The number of thioether (sulfide) groups is 2. The third kappa shape index (κ3) is 5.31. The lowest BCUT2D eigenvalue weighted by atomic mass is 10.0. The van der Waals surface area contributed by atoms with Crippen LogP contribution in [0.15, 0.2) is 33.6 Å². The summed E-state index contributed by atoms with van der Waals surface area (Å²) < 4.78 is 1.06. The first kappa shape index (κ1) is 16.2. The van der Waals surface area contributed by atoms with Gasteiger partial charge in [0.25, 0.3) is 0 Å². The van der Waals surface area contributed by atoms with Crippen LogP contribution in [-0.4, -0.2) is 40.4 Å². The van der Waals surface area contributed by atoms with Crippen molar-refractivity contribution in [2.75, 3.05) is 23.8 Å². The number of carbonyl (C=O) groups excluding carboxylic acids is 1. The van der Waals surface area contributed by atoms with E-state index in [2.05, 4.69) is 21.2 Å². The third-order valence-electron chi connectivity index (χ3n) is 3.11. The van der Waals surface area contributed by atoms with Gasteiger partial charge in [-0.2, -0.15) is 11.8 Å². The number of hydrogen-bond donors (Lipinski definition) is 2. The summed E-state index contributed by atoms with van der Waals surface area (Å²) in [6, 6.07) is 8.06. The second kappa shape index (κ2) is 7.73. The summed E-state index contributed by atoms with van der Waals surface area (Å²) in [6.45, 7) is 0.377. The molecule has 1 fully saturated rings. The van der Waals surface area contributed by atoms with E-state index in [4.69, 9.17) is 0 Å². The van der Waals surface area contributed by atoms with Gasteiger partial charge in [-0.3, -0.25) is 4.79 Å². The van der Waals surface area contributed by atoms with Gasteiger partial charge in [0.05, 0.1) is 5.60 Å². The molecule has 1 heterocycles. The molecule has 6 heteroatoms. The second-order valence-corrected chi connectivity index (χ2v) is 8.05. The fourth-order valence-corrected chi connectivity index (χ4v) is 4.29. The molecule has 1 saturated heterocycles. The molecule has 1 amide bonds. The average molecular weight is 376 g/mol. The lowest BCUT2D eigenvalue weighted by molar-refractivity contribution is -0.121. The van der Waals surface area contributed by atoms with Crippen LogP contribution in [0.3, 0.4) is 0 Å². The Balaban J connectivity index is 1.64. The highest BCUT2D eigenvalue weighted by Crippen LogP contribution is 2.27. The minimum atomic E-state index is -0.695. The van der Waals surface area contributed by atoms with Crippen LogP contribution in [0.4, 0.5) is 0 Å². The molecule has 0 bridgehead atoms. The fraction of sp³-hybridized carbons (Fsp3) is 0.500. The van der Waals surface area contributed by atoms with Gasteiger partial charge in [-0.1, -0.05) is 15.9 Å². The molecule has 0 aromatic heterocycles. The van der Waals surface area contributed by atoms with Crippen LogP contribution in [-0.2, 0) is 4.79 Å². The van der Waals surface area contributed by atoms with Crippen LogP contribution in [0, 0.1) is 0 Å². The minimum Gasteiger partial charge on any atom is -0.387 e. The Hall–Kier alpha value is -0.170. The predicted molar refractivity (Wildman–Crippen MR) is 89.4 cm³/mol. The number of amides is 1. The standard InChI is InChI=1S/C14H18BrNO2S2/c15-11-1-3-12(4-2-11)20-7-5-13(17)16-9-14(18)6-8-19-10-14/h1-4,18H,5-10H2,(H,16,17)/t14-/m0/s1. The van der Waals surface area contributed by atoms with Crippen molar-refractivity contribution >= 4 is 45.4 Å². The van der Waals surface area contributed by atoms with Gasteiger partial charge in [0.2, 0.25) is 5.91 Å². The van der Waals surface area contributed by atoms with Gasteiger partial charge >= 0.3 is 0 Å². The first-order valence-corrected chi connectivity index (χ1v) is 9.46. The van der Waals surface area contributed by atoms with Crippen molar-refractivity contribution in [1.29, 1.82) is 0 Å². The summed E-state index contributed by atoms with van der Waals surface area (Å²) in [5, 5.41) is 13.0. The van der Waals surface area contributed by atoms with Crippen molar-refractivity contribution in [3.63, 3.8) is 0 Å². The zero-order valence-electron chi connectivity index (χ0n) is 11.1. The molecule has 2 rings (SSSR count). The lowest BCUT2D eigenvalue weighted by Crippen LogP contribution is -2.43. The molecule has 0 radical (unpaired) electrons. The maximum Gasteiger partial charge on any atom is 0.220 e. The van der Waals surface area contributed by atoms with Gasteiger partial charge < -0.3 is 10.4 Å². The number of benzene rings is 1. The molecule has 3 nitrogen and oxygen atoms in total. The number of rotatable bonds is 6. The van der Waals surface area contributed by atoms with E-state index in [1.54, 1.807) is 23.5 Å². The smallest absolute Gasteiger partial charge is 0.220 e. The van der Waals surface area contributed by atoms with E-state index in [-0.39, 0.29) is 5.91 Å². The number of halogens is 1. The molecule has 0 spiro atoms. The van der Waals surface area contributed by atoms with Crippen molar-refractivity contribution in [3.05, 3.63) is 28.7 Å². The third-order valence-corrected chi connectivity index (χ3v) is 5.89. The zero-order chi connectivity index (χ0) is 14.4. The second-order valence-electron chi connectivity index (χ2n) is 4.86. The molecule has 1 aliphatic heterocycles. The maximum absolute atomic E-state index is 11.7. The highest BCUT2D eigenvalue weighted by atomic mass is 79.9. The van der Waals surface area contributed by atoms with Crippen LogP contribution < -0.4 is 5.32 Å². The molecule has 0 saturated carbocycles. The molecular formula is C14H18BrNO2S2. The summed E-state index contributed by atoms with van der Waals surface area (Å²) in [6.07, 6.45) is 1.25. The summed E-state index contributed by atoms with van der Waals surface area (Å²) >= 11 is 6.80. The van der Waals surface area contributed by atoms with Crippen molar-refractivity contribution < 1.29 is 9.90 Å². The van der Waals surface area contributed by atoms with E-state index >= 15 is 0 Å². The normalized spacial score (nSPS) is 21.9. The van der Waals surface area contributed by atoms with Gasteiger partial charge in [0.15, 0.2) is 0 Å². The number of nitrogens with one attached hydrogen (secondary N) is 1. The van der Waals surface area contributed by atoms with E-state index in [9.17, 15) is 9.90 Å². The molecule has 1 aromatic rings. The Morgan fingerprint density at radius 1 is 1.45 bits per heavy atom. The summed E-state index contributed by atoms with van der Waals surface area (Å²) in [5.74, 6) is 2.47. The van der Waals surface area contributed by atoms with Crippen LogP contribution in [0.2, 0.25) is 0 Å². The van der Waals surface area contributed by atoms with Crippen molar-refractivity contribution in [2.24, 2.45) is 0 Å². The van der Waals surface area contributed by atoms with Gasteiger partial charge in [0, 0.05) is 33.8 Å². The van der Waals surface area contributed by atoms with E-state index in [0.717, 1.165) is 33.0 Å². The lowest BCUT2D eigenvalue weighted by Gasteiger charge is -2.21. The topological polar surface area (TPSA) is 49.3 Å². The molecular weight excluding hydrogens is 358 g/mol. The largest absolute Gasteiger partial charge is 0.387 e. The average Bonchev–Trinajstić information content (AvgIpc) is 2.86. The molecule has 1 atom stereocenters. The van der Waals surface area contributed by atoms with Gasteiger partial charge in [0.1, 0.15) is 0 Å². The minimum absolute atomic E-state index is 0.0138. The molecule has 1 aromatic carbocycles. The number of aliphatic hydroxyl groups is 1. The first-order valence-electron chi connectivity index (χ1n) is 6.53. The van der Waals surface area contributed by atoms with Crippen LogP contribution >= 0.6 is 39.5 Å². The quantitative estimate of drug-likeness (QED) is 0.750. The molecule has 0 unspecified atom stereocenters. The van der Waals surface area contributed by atoms with Gasteiger partial charge in [-0.05, 0) is 36.4 Å². The van der Waals surface area contributed by atoms with Crippen molar-refractivity contribution in [3.8, 4) is 0 Å². The Morgan fingerprint density at radius 3 is 2.85 bits per heavy atom. The summed E-state index contributed by atoms with van der Waals surface area (Å²) in [5.41, 5.74) is -0.695. The first-order chi connectivity index (χ1) is 9.57. The zero-order valence-corrected chi connectivity index (χ0v) is 14.3. The highest BCUT2D eigenvalue weighted by molar-refractivity contribution is 9.10. The molecule has 20 heavy (non-hydrogen) atoms. The molecule has 1 aliphatic rings. The van der Waals surface area contributed by atoms with Crippen LogP contribution in [0.5, 0.6) is 0 Å². The highest BCUT2D eigenvalue weighted by Gasteiger charge is 2.31. The molecule has 2 N–H and O–H groups in total. The Bertz CT molecular complexity index is 447. The van der Waals surface area contributed by atoms with E-state index < -0.39 is 5.60 Å². The van der Waals surface area contributed by atoms with Crippen LogP contribution in [0.25, 0.3) is 0 Å². The fourth-order valence-electron chi connectivity index (χ4n) is 1.88. The number of carbonyl (C=O) groups is 1. The van der Waals surface area contributed by atoms with Crippen LogP contribution in [0.1, 0.15) is 12.8 Å². The Morgan fingerprint density at radius 2 is 2.20 bits per heavy atom. The molecule has 110 valence electrons. The molecule has 0 aliphatic carbocycles. The Kier molecular flexibility index (Phi) is 6.26.